The predicted octanol–water partition coefficient (Wildman–Crippen LogP) is 2.53. The molecule has 0 bridgehead atoms. The topological polar surface area (TPSA) is 96.2 Å². The molecule has 0 radical (unpaired) electrons. The van der Waals surface area contributed by atoms with Gasteiger partial charge in [-0.2, -0.15) is 0 Å². The van der Waals surface area contributed by atoms with Gasteiger partial charge in [0.25, 0.3) is 0 Å². The van der Waals surface area contributed by atoms with Crippen LogP contribution in [-0.4, -0.2) is 52.8 Å². The smallest absolute Gasteiger partial charge is 0.303 e. The Hall–Kier alpha value is -2.03. The molecule has 3 rings (SSSR count). The third kappa shape index (κ3) is 5.74. The summed E-state index contributed by atoms with van der Waals surface area (Å²) >= 11 is 0. The average Bonchev–Trinajstić information content (AvgIpc) is 2.84. The highest BCUT2D eigenvalue weighted by molar-refractivity contribution is 5.67. The van der Waals surface area contributed by atoms with Crippen molar-refractivity contribution in [2.45, 2.75) is 44.0 Å². The zero-order chi connectivity index (χ0) is 21.0. The van der Waals surface area contributed by atoms with Crippen LogP contribution in [0.15, 0.2) is 30.4 Å². The van der Waals surface area contributed by atoms with E-state index in [0.717, 1.165) is 24.6 Å². The van der Waals surface area contributed by atoms with Gasteiger partial charge in [-0.1, -0.05) is 12.2 Å². The highest BCUT2D eigenvalue weighted by Crippen LogP contribution is 2.41. The van der Waals surface area contributed by atoms with Crippen molar-refractivity contribution in [1.82, 2.24) is 0 Å². The molecule has 1 aliphatic carbocycles. The van der Waals surface area contributed by atoms with Crippen molar-refractivity contribution in [3.8, 4) is 5.75 Å². The lowest BCUT2D eigenvalue weighted by Gasteiger charge is -2.21. The SMILES string of the molecule is O=C(O)C[C@H]1CC[C@@H]2[C@@H](/C=C/[C@@H](O)COc3cc(F)ccc3F)[C@H](O)C[C@@H]2OC1. The molecule has 0 unspecified atom stereocenters. The van der Waals surface area contributed by atoms with Crippen molar-refractivity contribution in [3.63, 3.8) is 0 Å². The minimum atomic E-state index is -1.06. The van der Waals surface area contributed by atoms with E-state index in [1.54, 1.807) is 6.08 Å². The molecule has 1 aliphatic heterocycles. The summed E-state index contributed by atoms with van der Waals surface area (Å²) in [6.45, 7) is 0.108. The van der Waals surface area contributed by atoms with E-state index in [-0.39, 0.29) is 42.6 Å². The molecule has 0 amide bonds. The van der Waals surface area contributed by atoms with E-state index in [4.69, 9.17) is 14.6 Å². The zero-order valence-electron chi connectivity index (χ0n) is 15.9. The number of halogens is 2. The second-order valence-corrected chi connectivity index (χ2v) is 7.80. The number of benzene rings is 1. The third-order valence-electron chi connectivity index (χ3n) is 5.67. The Morgan fingerprint density at radius 2 is 2.14 bits per heavy atom. The highest BCUT2D eigenvalue weighted by Gasteiger charge is 2.43. The van der Waals surface area contributed by atoms with E-state index >= 15 is 0 Å². The molecule has 29 heavy (non-hydrogen) atoms. The van der Waals surface area contributed by atoms with Gasteiger partial charge < -0.3 is 24.8 Å². The maximum atomic E-state index is 13.6. The van der Waals surface area contributed by atoms with Crippen molar-refractivity contribution >= 4 is 5.97 Å². The lowest BCUT2D eigenvalue weighted by atomic mass is 9.86. The number of carboxylic acids is 1. The number of aliphatic hydroxyl groups excluding tert-OH is 2. The minimum Gasteiger partial charge on any atom is -0.487 e. The summed E-state index contributed by atoms with van der Waals surface area (Å²) in [4.78, 5) is 10.9. The van der Waals surface area contributed by atoms with Gasteiger partial charge in [0, 0.05) is 18.4 Å². The fraction of sp³-hybridized carbons (Fsp3) is 0.571. The quantitative estimate of drug-likeness (QED) is 0.596. The van der Waals surface area contributed by atoms with E-state index in [9.17, 15) is 23.8 Å². The maximum absolute atomic E-state index is 13.6. The predicted molar refractivity (Wildman–Crippen MR) is 99.3 cm³/mol. The first-order valence-electron chi connectivity index (χ1n) is 9.79. The third-order valence-corrected chi connectivity index (χ3v) is 5.67. The molecule has 2 fully saturated rings. The molecular formula is C21H26F2O6. The second kappa shape index (κ2) is 9.65. The number of carboxylic acid groups (broad SMARTS) is 1. The largest absolute Gasteiger partial charge is 0.487 e. The summed E-state index contributed by atoms with van der Waals surface area (Å²) in [5.41, 5.74) is 0. The number of aliphatic carboxylic acids is 1. The Kier molecular flexibility index (Phi) is 7.21. The Morgan fingerprint density at radius 1 is 1.34 bits per heavy atom. The number of fused-ring (bicyclic) bond motifs is 1. The molecule has 1 aromatic carbocycles. The van der Waals surface area contributed by atoms with Crippen LogP contribution in [-0.2, 0) is 9.53 Å². The van der Waals surface area contributed by atoms with Crippen LogP contribution >= 0.6 is 0 Å². The van der Waals surface area contributed by atoms with Crippen LogP contribution in [0.1, 0.15) is 25.7 Å². The van der Waals surface area contributed by atoms with E-state index in [0.29, 0.717) is 19.4 Å². The Bertz CT molecular complexity index is 740. The summed E-state index contributed by atoms with van der Waals surface area (Å²) in [7, 11) is 0. The number of ether oxygens (including phenoxy) is 2. The minimum absolute atomic E-state index is 0.0360. The highest BCUT2D eigenvalue weighted by atomic mass is 19.1. The van der Waals surface area contributed by atoms with Gasteiger partial charge in [0.2, 0.25) is 0 Å². The van der Waals surface area contributed by atoms with Crippen LogP contribution in [0.3, 0.4) is 0 Å². The summed E-state index contributed by atoms with van der Waals surface area (Å²) in [6.07, 6.45) is 3.33. The monoisotopic (exact) mass is 412 g/mol. The molecule has 0 aromatic heterocycles. The fourth-order valence-corrected chi connectivity index (χ4v) is 4.20. The number of hydrogen-bond acceptors (Lipinski definition) is 5. The molecule has 6 atom stereocenters. The van der Waals surface area contributed by atoms with Crippen LogP contribution in [0.5, 0.6) is 5.75 Å². The first kappa shape index (κ1) is 21.7. The van der Waals surface area contributed by atoms with Crippen molar-refractivity contribution in [2.75, 3.05) is 13.2 Å². The lowest BCUT2D eigenvalue weighted by Crippen LogP contribution is -2.22. The first-order chi connectivity index (χ1) is 13.8. The summed E-state index contributed by atoms with van der Waals surface area (Å²) in [6, 6.07) is 2.84. The Balaban J connectivity index is 1.56. The summed E-state index contributed by atoms with van der Waals surface area (Å²) in [5, 5.41) is 29.5. The molecule has 2 aliphatic rings. The van der Waals surface area contributed by atoms with Crippen LogP contribution < -0.4 is 4.74 Å². The van der Waals surface area contributed by atoms with Crippen molar-refractivity contribution in [2.24, 2.45) is 17.8 Å². The number of aliphatic hydroxyl groups is 2. The standard InChI is InChI=1S/C21H26F2O6/c22-13-2-6-17(23)20(8-13)29-11-14(24)3-5-15-16-4-1-12(7-21(26)27)10-28-19(16)9-18(15)25/h2-3,5-6,8,12,14-16,18-19,24-25H,1,4,7,9-11H2,(H,26,27)/b5-3+/t12-,14-,15-,16-,18-,19+/m1/s1. The summed E-state index contributed by atoms with van der Waals surface area (Å²) in [5.74, 6) is -2.72. The maximum Gasteiger partial charge on any atom is 0.303 e. The van der Waals surface area contributed by atoms with E-state index in [2.05, 4.69) is 0 Å². The van der Waals surface area contributed by atoms with E-state index < -0.39 is 29.8 Å². The van der Waals surface area contributed by atoms with Gasteiger partial charge in [-0.15, -0.1) is 0 Å². The first-order valence-corrected chi connectivity index (χ1v) is 9.79. The van der Waals surface area contributed by atoms with Gasteiger partial charge in [0.1, 0.15) is 18.5 Å². The second-order valence-electron chi connectivity index (χ2n) is 7.80. The van der Waals surface area contributed by atoms with Crippen LogP contribution in [0.4, 0.5) is 8.78 Å². The molecule has 1 aromatic rings. The number of hydrogen-bond donors (Lipinski definition) is 3. The van der Waals surface area contributed by atoms with Gasteiger partial charge in [-0.3, -0.25) is 4.79 Å². The van der Waals surface area contributed by atoms with Crippen LogP contribution in [0.25, 0.3) is 0 Å². The Labute approximate surface area is 167 Å². The molecule has 3 N–H and O–H groups in total. The van der Waals surface area contributed by atoms with Crippen molar-refractivity contribution in [3.05, 3.63) is 42.0 Å². The summed E-state index contributed by atoms with van der Waals surface area (Å²) < 4.78 is 37.7. The Morgan fingerprint density at radius 3 is 2.90 bits per heavy atom. The van der Waals surface area contributed by atoms with Gasteiger partial charge in [-0.25, -0.2) is 8.78 Å². The van der Waals surface area contributed by atoms with Gasteiger partial charge in [-0.05, 0) is 36.8 Å². The fourth-order valence-electron chi connectivity index (χ4n) is 4.20. The number of carbonyl (C=O) groups is 1. The molecule has 1 saturated carbocycles. The van der Waals surface area contributed by atoms with Crippen molar-refractivity contribution in [1.29, 1.82) is 0 Å². The zero-order valence-corrected chi connectivity index (χ0v) is 15.9. The normalized spacial score (nSPS) is 30.7. The van der Waals surface area contributed by atoms with Crippen LogP contribution in [0, 0.1) is 29.4 Å². The van der Waals surface area contributed by atoms with E-state index in [1.165, 1.54) is 6.08 Å². The molecule has 1 heterocycles. The molecule has 0 spiro atoms. The molecular weight excluding hydrogens is 386 g/mol. The van der Waals surface area contributed by atoms with Gasteiger partial charge >= 0.3 is 5.97 Å². The van der Waals surface area contributed by atoms with Crippen LogP contribution in [0.2, 0.25) is 0 Å². The molecule has 160 valence electrons. The van der Waals surface area contributed by atoms with Gasteiger partial charge in [0.15, 0.2) is 11.6 Å². The van der Waals surface area contributed by atoms with Gasteiger partial charge in [0.05, 0.1) is 25.2 Å². The average molecular weight is 412 g/mol. The lowest BCUT2D eigenvalue weighted by molar-refractivity contribution is -0.138. The molecule has 8 heteroatoms. The molecule has 6 nitrogen and oxygen atoms in total. The van der Waals surface area contributed by atoms with E-state index in [1.807, 2.05) is 0 Å². The van der Waals surface area contributed by atoms with Crippen molar-refractivity contribution < 1.29 is 38.4 Å². The number of rotatable bonds is 7. The molecule has 1 saturated heterocycles.